The molecule has 4 heterocycles. The Morgan fingerprint density at radius 1 is 1.19 bits per heavy atom. The minimum absolute atomic E-state index is 0.0638. The number of aromatic amines is 1. The van der Waals surface area contributed by atoms with E-state index in [2.05, 4.69) is 25.6 Å². The summed E-state index contributed by atoms with van der Waals surface area (Å²) in [6, 6.07) is 6.48. The number of nitrogens with one attached hydrogen (secondary N) is 3. The van der Waals surface area contributed by atoms with Crippen molar-refractivity contribution in [3.8, 4) is 17.0 Å². The number of pyridine rings is 1. The van der Waals surface area contributed by atoms with Crippen LogP contribution in [0.3, 0.4) is 0 Å². The van der Waals surface area contributed by atoms with Gasteiger partial charge < -0.3 is 25.1 Å². The molecule has 1 saturated carbocycles. The van der Waals surface area contributed by atoms with Crippen molar-refractivity contribution in [1.82, 2.24) is 25.3 Å². The Morgan fingerprint density at radius 3 is 2.78 bits per heavy atom. The number of hydrogen-bond donors (Lipinski definition) is 3. The van der Waals surface area contributed by atoms with Gasteiger partial charge in [0.15, 0.2) is 17.4 Å². The second kappa shape index (κ2) is 8.27. The van der Waals surface area contributed by atoms with Gasteiger partial charge in [-0.15, -0.1) is 0 Å². The van der Waals surface area contributed by atoms with Crippen molar-refractivity contribution < 1.29 is 18.7 Å². The summed E-state index contributed by atoms with van der Waals surface area (Å²) in [4.78, 5) is 30.3. The first-order valence-corrected chi connectivity index (χ1v) is 11.7. The lowest BCUT2D eigenvalue weighted by molar-refractivity contribution is 0.0938. The van der Waals surface area contributed by atoms with E-state index < -0.39 is 5.82 Å². The van der Waals surface area contributed by atoms with E-state index in [-0.39, 0.29) is 23.2 Å². The molecule has 0 radical (unpaired) electrons. The number of carbonyl (C=O) groups is 1. The Bertz CT molecular complexity index is 1510. The Labute approximate surface area is 206 Å². The van der Waals surface area contributed by atoms with Crippen molar-refractivity contribution in [3.05, 3.63) is 59.6 Å². The fourth-order valence-electron chi connectivity index (χ4n) is 4.86. The van der Waals surface area contributed by atoms with Crippen LogP contribution >= 0.6 is 0 Å². The number of hydrogen-bond acceptors (Lipinski definition) is 7. The van der Waals surface area contributed by atoms with E-state index in [0.29, 0.717) is 46.0 Å². The number of benzene rings is 1. The van der Waals surface area contributed by atoms with Crippen LogP contribution in [0.4, 0.5) is 15.8 Å². The number of nitrogens with zero attached hydrogens (tertiary/aromatic N) is 3. The Morgan fingerprint density at radius 2 is 2.03 bits per heavy atom. The van der Waals surface area contributed by atoms with E-state index in [4.69, 9.17) is 14.5 Å². The summed E-state index contributed by atoms with van der Waals surface area (Å²) in [7, 11) is 3.01. The number of methoxy groups -OCH3 is 2. The lowest BCUT2D eigenvalue weighted by atomic mass is 9.93. The van der Waals surface area contributed by atoms with E-state index in [1.54, 1.807) is 31.6 Å². The lowest BCUT2D eigenvalue weighted by Crippen LogP contribution is -2.39. The van der Waals surface area contributed by atoms with Gasteiger partial charge in [-0.1, -0.05) is 6.07 Å². The zero-order valence-corrected chi connectivity index (χ0v) is 20.1. The number of para-hydroxylation sites is 1. The highest BCUT2D eigenvalue weighted by molar-refractivity contribution is 6.08. The Kier molecular flexibility index (Phi) is 5.15. The SMILES string of the molecule is COc1c(F)cccc1Nc1c(-c2ccnc3cnc([C@@H](C)OC)nc23)[nH]c2c1C(=O)NCC21CC1. The average molecular weight is 489 g/mol. The molecule has 6 rings (SSSR count). The van der Waals surface area contributed by atoms with Crippen LogP contribution in [0.25, 0.3) is 22.3 Å². The Balaban J connectivity index is 1.61. The topological polar surface area (TPSA) is 114 Å². The van der Waals surface area contributed by atoms with Gasteiger partial charge in [0, 0.05) is 36.5 Å². The molecule has 3 N–H and O–H groups in total. The van der Waals surface area contributed by atoms with Gasteiger partial charge in [0.25, 0.3) is 5.91 Å². The summed E-state index contributed by atoms with van der Waals surface area (Å²) in [6.45, 7) is 2.45. The molecule has 1 aromatic carbocycles. The van der Waals surface area contributed by atoms with Gasteiger partial charge in [0.1, 0.15) is 17.1 Å². The largest absolute Gasteiger partial charge is 0.492 e. The molecule has 1 amide bonds. The molecule has 1 spiro atoms. The molecule has 1 fully saturated rings. The van der Waals surface area contributed by atoms with Crippen molar-refractivity contribution in [2.24, 2.45) is 0 Å². The van der Waals surface area contributed by atoms with Crippen LogP contribution in [-0.2, 0) is 10.2 Å². The fraction of sp³-hybridized carbons (Fsp3) is 0.308. The highest BCUT2D eigenvalue weighted by Gasteiger charge is 2.51. The molecule has 2 aliphatic rings. The van der Waals surface area contributed by atoms with Crippen molar-refractivity contribution >= 4 is 28.3 Å². The number of halogens is 1. The molecule has 9 nitrogen and oxygen atoms in total. The van der Waals surface area contributed by atoms with Crippen LogP contribution < -0.4 is 15.4 Å². The molecule has 1 aliphatic carbocycles. The van der Waals surface area contributed by atoms with E-state index in [1.165, 1.54) is 13.2 Å². The number of carbonyl (C=O) groups excluding carboxylic acids is 1. The maximum atomic E-state index is 14.5. The third-order valence-corrected chi connectivity index (χ3v) is 7.11. The molecule has 0 saturated heterocycles. The smallest absolute Gasteiger partial charge is 0.255 e. The van der Waals surface area contributed by atoms with Gasteiger partial charge in [0.2, 0.25) is 0 Å². The normalized spacial score (nSPS) is 16.5. The lowest BCUT2D eigenvalue weighted by Gasteiger charge is -2.23. The van der Waals surface area contributed by atoms with Crippen LogP contribution in [0.5, 0.6) is 5.75 Å². The zero-order chi connectivity index (χ0) is 25.0. The predicted octanol–water partition coefficient (Wildman–Crippen LogP) is 4.39. The van der Waals surface area contributed by atoms with E-state index in [1.807, 2.05) is 13.0 Å². The molecule has 184 valence electrons. The third kappa shape index (κ3) is 3.40. The number of aromatic nitrogens is 4. The van der Waals surface area contributed by atoms with E-state index >= 15 is 0 Å². The number of fused-ring (bicyclic) bond motifs is 3. The maximum Gasteiger partial charge on any atom is 0.255 e. The summed E-state index contributed by atoms with van der Waals surface area (Å²) in [5.74, 6) is -0.108. The third-order valence-electron chi connectivity index (χ3n) is 7.11. The van der Waals surface area contributed by atoms with Crippen LogP contribution in [0.1, 0.15) is 47.7 Å². The average Bonchev–Trinajstić information content (AvgIpc) is 3.58. The summed E-state index contributed by atoms with van der Waals surface area (Å²) >= 11 is 0. The first-order valence-electron chi connectivity index (χ1n) is 11.7. The maximum absolute atomic E-state index is 14.5. The standard InChI is InChI=1S/C26H25FN6O3/c1-13(35-2)24-29-11-17-19(33-24)14(7-10-28-17)20-21(31-16-6-4-5-15(27)22(16)36-3)18-23(32-20)26(8-9-26)12-30-25(18)34/h4-7,10-11,13,31-32H,8-9,12H2,1-3H3,(H,30,34)/t13-/m1/s1. The predicted molar refractivity (Wildman–Crippen MR) is 132 cm³/mol. The molecule has 4 aromatic rings. The molecule has 0 bridgehead atoms. The van der Waals surface area contributed by atoms with E-state index in [9.17, 15) is 9.18 Å². The van der Waals surface area contributed by atoms with E-state index in [0.717, 1.165) is 24.1 Å². The fourth-order valence-corrected chi connectivity index (χ4v) is 4.86. The molecular weight excluding hydrogens is 463 g/mol. The van der Waals surface area contributed by atoms with Crippen LogP contribution in [0, 0.1) is 5.82 Å². The highest BCUT2D eigenvalue weighted by Crippen LogP contribution is 2.53. The van der Waals surface area contributed by atoms with Crippen molar-refractivity contribution in [2.45, 2.75) is 31.3 Å². The minimum atomic E-state index is -0.503. The zero-order valence-electron chi connectivity index (χ0n) is 20.1. The van der Waals surface area contributed by atoms with Crippen molar-refractivity contribution in [1.29, 1.82) is 0 Å². The number of H-pyrrole nitrogens is 1. The van der Waals surface area contributed by atoms with Gasteiger partial charge >= 0.3 is 0 Å². The molecule has 36 heavy (non-hydrogen) atoms. The first kappa shape index (κ1) is 22.4. The summed E-state index contributed by atoms with van der Waals surface area (Å²) < 4.78 is 25.3. The molecular formula is C26H25FN6O3. The second-order valence-corrected chi connectivity index (χ2v) is 9.23. The summed E-state index contributed by atoms with van der Waals surface area (Å²) in [5.41, 5.74) is 4.83. The van der Waals surface area contributed by atoms with Crippen molar-refractivity contribution in [2.75, 3.05) is 26.1 Å². The Hall–Kier alpha value is -4.05. The minimum Gasteiger partial charge on any atom is -0.492 e. The van der Waals surface area contributed by atoms with Crippen LogP contribution in [0.2, 0.25) is 0 Å². The van der Waals surface area contributed by atoms with Crippen LogP contribution in [-0.4, -0.2) is 46.6 Å². The monoisotopic (exact) mass is 488 g/mol. The molecule has 1 atom stereocenters. The number of amides is 1. The van der Waals surface area contributed by atoms with Gasteiger partial charge in [-0.25, -0.2) is 14.4 Å². The second-order valence-electron chi connectivity index (χ2n) is 9.23. The number of rotatable bonds is 6. The number of anilines is 2. The first-order chi connectivity index (χ1) is 17.5. The van der Waals surface area contributed by atoms with Gasteiger partial charge in [-0.3, -0.25) is 9.78 Å². The van der Waals surface area contributed by atoms with Gasteiger partial charge in [0.05, 0.1) is 35.9 Å². The molecule has 0 unspecified atom stereocenters. The van der Waals surface area contributed by atoms with Crippen LogP contribution in [0.15, 0.2) is 36.7 Å². The quantitative estimate of drug-likeness (QED) is 0.369. The molecule has 1 aliphatic heterocycles. The summed E-state index contributed by atoms with van der Waals surface area (Å²) in [5, 5.41) is 6.34. The van der Waals surface area contributed by atoms with Gasteiger partial charge in [-0.05, 0) is 38.0 Å². The highest BCUT2D eigenvalue weighted by atomic mass is 19.1. The van der Waals surface area contributed by atoms with Gasteiger partial charge in [-0.2, -0.15) is 0 Å². The molecule has 10 heteroatoms. The van der Waals surface area contributed by atoms with Crippen molar-refractivity contribution in [3.63, 3.8) is 0 Å². The molecule has 3 aromatic heterocycles. The summed E-state index contributed by atoms with van der Waals surface area (Å²) in [6.07, 6.45) is 4.97. The number of ether oxygens (including phenoxy) is 2.